The van der Waals surface area contributed by atoms with Crippen LogP contribution in [0.3, 0.4) is 0 Å². The molecule has 3 heteroatoms. The van der Waals surface area contributed by atoms with Crippen LogP contribution in [0.5, 0.6) is 5.75 Å². The maximum atomic E-state index is 9.86. The zero-order chi connectivity index (χ0) is 23.6. The molecule has 176 valence electrons. The van der Waals surface area contributed by atoms with E-state index in [2.05, 4.69) is 81.1 Å². The summed E-state index contributed by atoms with van der Waals surface area (Å²) in [6.07, 6.45) is 2.13. The first-order chi connectivity index (χ1) is 16.0. The van der Waals surface area contributed by atoms with E-state index in [9.17, 15) is 5.11 Å². The monoisotopic (exact) mass is 445 g/mol. The first-order valence-electron chi connectivity index (χ1n) is 12.2. The molecule has 0 aliphatic rings. The third kappa shape index (κ3) is 6.93. The first-order valence-corrected chi connectivity index (χ1v) is 12.2. The number of benzene rings is 3. The molecule has 0 saturated heterocycles. The number of rotatable bonds is 12. The van der Waals surface area contributed by atoms with Crippen LogP contribution in [0, 0.1) is 0 Å². The Morgan fingerprint density at radius 1 is 0.848 bits per heavy atom. The molecule has 3 aromatic rings. The normalized spacial score (nSPS) is 13.3. The van der Waals surface area contributed by atoms with Crippen molar-refractivity contribution in [1.29, 1.82) is 0 Å². The van der Waals surface area contributed by atoms with E-state index in [0.29, 0.717) is 18.7 Å². The predicted molar refractivity (Wildman–Crippen MR) is 138 cm³/mol. The molecule has 0 fully saturated rings. The van der Waals surface area contributed by atoms with Gasteiger partial charge in [-0.1, -0.05) is 73.7 Å². The van der Waals surface area contributed by atoms with Gasteiger partial charge in [0.05, 0.1) is 6.61 Å². The van der Waals surface area contributed by atoms with Crippen LogP contribution < -0.4 is 4.74 Å². The molecule has 2 unspecified atom stereocenters. The molecule has 0 aliphatic carbocycles. The maximum Gasteiger partial charge on any atom is 0.123 e. The second kappa shape index (κ2) is 12.6. The fraction of sp³-hybridized carbons (Fsp3) is 0.400. The van der Waals surface area contributed by atoms with Crippen molar-refractivity contribution in [3.8, 4) is 5.75 Å². The van der Waals surface area contributed by atoms with Gasteiger partial charge in [-0.05, 0) is 69.0 Å². The lowest BCUT2D eigenvalue weighted by Gasteiger charge is -2.34. The average molecular weight is 446 g/mol. The van der Waals surface area contributed by atoms with Gasteiger partial charge in [-0.2, -0.15) is 0 Å². The van der Waals surface area contributed by atoms with E-state index < -0.39 is 0 Å². The van der Waals surface area contributed by atoms with Gasteiger partial charge in [-0.25, -0.2) is 0 Å². The van der Waals surface area contributed by atoms with E-state index in [1.807, 2.05) is 30.3 Å². The van der Waals surface area contributed by atoms with Crippen molar-refractivity contribution >= 4 is 0 Å². The van der Waals surface area contributed by atoms with Crippen LogP contribution >= 0.6 is 0 Å². The lowest BCUT2D eigenvalue weighted by atomic mass is 9.86. The summed E-state index contributed by atoms with van der Waals surface area (Å²) >= 11 is 0. The Morgan fingerprint density at radius 2 is 1.52 bits per heavy atom. The highest BCUT2D eigenvalue weighted by Crippen LogP contribution is 2.36. The minimum atomic E-state index is 0.0263. The quantitative estimate of drug-likeness (QED) is 0.333. The largest absolute Gasteiger partial charge is 0.489 e. The molecule has 3 nitrogen and oxygen atoms in total. The zero-order valence-electron chi connectivity index (χ0n) is 20.6. The molecular formula is C30H39NO2. The minimum absolute atomic E-state index is 0.0263. The summed E-state index contributed by atoms with van der Waals surface area (Å²) in [7, 11) is 0. The van der Waals surface area contributed by atoms with Crippen molar-refractivity contribution < 1.29 is 9.84 Å². The number of aliphatic hydroxyl groups excluding tert-OH is 1. The molecule has 0 spiro atoms. The van der Waals surface area contributed by atoms with Crippen LogP contribution in [0.25, 0.3) is 0 Å². The van der Waals surface area contributed by atoms with Gasteiger partial charge in [-0.3, -0.25) is 4.90 Å². The van der Waals surface area contributed by atoms with Crippen molar-refractivity contribution in [1.82, 2.24) is 4.90 Å². The summed E-state index contributed by atoms with van der Waals surface area (Å²) in [6, 6.07) is 28.1. The first kappa shape index (κ1) is 25.0. The fourth-order valence-corrected chi connectivity index (χ4v) is 4.52. The van der Waals surface area contributed by atoms with Crippen molar-refractivity contribution in [3.05, 3.63) is 101 Å². The van der Waals surface area contributed by atoms with Crippen LogP contribution in [0.1, 0.15) is 68.7 Å². The molecule has 3 rings (SSSR count). The minimum Gasteiger partial charge on any atom is -0.489 e. The Morgan fingerprint density at radius 3 is 2.12 bits per heavy atom. The van der Waals surface area contributed by atoms with Crippen LogP contribution in [-0.4, -0.2) is 28.6 Å². The molecule has 0 bridgehead atoms. The van der Waals surface area contributed by atoms with Gasteiger partial charge in [0, 0.05) is 23.6 Å². The number of hydrogen-bond acceptors (Lipinski definition) is 3. The molecule has 0 heterocycles. The number of aliphatic hydroxyl groups is 1. The smallest absolute Gasteiger partial charge is 0.123 e. The van der Waals surface area contributed by atoms with Gasteiger partial charge < -0.3 is 9.84 Å². The summed E-state index contributed by atoms with van der Waals surface area (Å²) in [4.78, 5) is 2.59. The van der Waals surface area contributed by atoms with E-state index >= 15 is 0 Å². The summed E-state index contributed by atoms with van der Waals surface area (Å²) < 4.78 is 6.35. The van der Waals surface area contributed by atoms with Gasteiger partial charge in [0.2, 0.25) is 0 Å². The van der Waals surface area contributed by atoms with Gasteiger partial charge in [0.1, 0.15) is 12.4 Å². The lowest BCUT2D eigenvalue weighted by molar-refractivity contribution is 0.155. The Labute approximate surface area is 200 Å². The van der Waals surface area contributed by atoms with Crippen molar-refractivity contribution in [2.45, 2.75) is 71.8 Å². The predicted octanol–water partition coefficient (Wildman–Crippen LogP) is 6.79. The molecule has 1 N–H and O–H groups in total. The number of nitrogens with zero attached hydrogens (tertiary/aromatic N) is 1. The third-order valence-electron chi connectivity index (χ3n) is 6.57. The topological polar surface area (TPSA) is 32.7 Å². The Hall–Kier alpha value is -2.62. The second-order valence-corrected chi connectivity index (χ2v) is 9.15. The molecule has 33 heavy (non-hydrogen) atoms. The third-order valence-corrected chi connectivity index (χ3v) is 6.57. The SMILES string of the molecule is CCC(C)N(CCC(c1ccccc1)c1cc(CO)ccc1OCc1ccccc1)C(C)C. The highest BCUT2D eigenvalue weighted by Gasteiger charge is 2.23. The summed E-state index contributed by atoms with van der Waals surface area (Å²) in [6.45, 7) is 10.7. The van der Waals surface area contributed by atoms with Crippen LogP contribution in [0.4, 0.5) is 0 Å². The highest BCUT2D eigenvalue weighted by molar-refractivity contribution is 5.44. The average Bonchev–Trinajstić information content (AvgIpc) is 2.86. The summed E-state index contributed by atoms with van der Waals surface area (Å²) in [5.74, 6) is 1.08. The molecule has 2 atom stereocenters. The molecule has 3 aromatic carbocycles. The lowest BCUT2D eigenvalue weighted by Crippen LogP contribution is -2.39. The van der Waals surface area contributed by atoms with Crippen molar-refractivity contribution in [2.24, 2.45) is 0 Å². The number of hydrogen-bond donors (Lipinski definition) is 1. The van der Waals surface area contributed by atoms with Gasteiger partial charge >= 0.3 is 0 Å². The van der Waals surface area contributed by atoms with E-state index in [1.54, 1.807) is 0 Å². The molecule has 0 radical (unpaired) electrons. The maximum absolute atomic E-state index is 9.86. The van der Waals surface area contributed by atoms with Gasteiger partial charge in [0.25, 0.3) is 0 Å². The number of ether oxygens (including phenoxy) is 1. The summed E-state index contributed by atoms with van der Waals surface area (Å²) in [5.41, 5.74) is 4.50. The molecule has 0 aromatic heterocycles. The molecular weight excluding hydrogens is 406 g/mol. The van der Waals surface area contributed by atoms with Crippen LogP contribution in [-0.2, 0) is 13.2 Å². The van der Waals surface area contributed by atoms with E-state index in [-0.39, 0.29) is 12.5 Å². The van der Waals surface area contributed by atoms with Gasteiger partial charge in [-0.15, -0.1) is 0 Å². The Bertz CT molecular complexity index is 956. The van der Waals surface area contributed by atoms with E-state index in [0.717, 1.165) is 41.8 Å². The van der Waals surface area contributed by atoms with Crippen LogP contribution in [0.15, 0.2) is 78.9 Å². The van der Waals surface area contributed by atoms with Crippen molar-refractivity contribution in [3.63, 3.8) is 0 Å². The van der Waals surface area contributed by atoms with Crippen molar-refractivity contribution in [2.75, 3.05) is 6.54 Å². The van der Waals surface area contributed by atoms with Crippen LogP contribution in [0.2, 0.25) is 0 Å². The highest BCUT2D eigenvalue weighted by atomic mass is 16.5. The van der Waals surface area contributed by atoms with Gasteiger partial charge in [0.15, 0.2) is 0 Å². The molecule has 0 saturated carbocycles. The fourth-order valence-electron chi connectivity index (χ4n) is 4.52. The standard InChI is InChI=1S/C30H39NO2/c1-5-24(4)31(23(2)3)19-18-28(27-14-10-7-11-15-27)29-20-26(21-32)16-17-30(29)33-22-25-12-8-6-9-13-25/h6-17,20,23-24,28,32H,5,18-19,21-22H2,1-4H3. The zero-order valence-corrected chi connectivity index (χ0v) is 20.6. The molecule has 0 aliphatic heterocycles. The van der Waals surface area contributed by atoms with E-state index in [1.165, 1.54) is 5.56 Å². The Balaban J connectivity index is 1.94. The molecule has 0 amide bonds. The summed E-state index contributed by atoms with van der Waals surface area (Å²) in [5, 5.41) is 9.86. The van der Waals surface area contributed by atoms with E-state index in [4.69, 9.17) is 4.74 Å². The Kier molecular flexibility index (Phi) is 9.53. The second-order valence-electron chi connectivity index (χ2n) is 9.15.